The molecule has 2 amide bonds. The van der Waals surface area contributed by atoms with Crippen LogP contribution in [0.25, 0.3) is 6.08 Å². The fraction of sp³-hybridized carbons (Fsp3) is 0.273. The van der Waals surface area contributed by atoms with Gasteiger partial charge in [0, 0.05) is 43.4 Å². The van der Waals surface area contributed by atoms with Gasteiger partial charge in [-0.3, -0.25) is 9.59 Å². The maximum atomic E-state index is 12.7. The number of piperazine rings is 1. The lowest BCUT2D eigenvalue weighted by Gasteiger charge is -2.34. The Bertz CT molecular complexity index is 967. The number of alkyl halides is 3. The molecule has 1 heterocycles. The minimum absolute atomic E-state index is 0.139. The van der Waals surface area contributed by atoms with E-state index in [1.807, 2.05) is 0 Å². The summed E-state index contributed by atoms with van der Waals surface area (Å²) in [5.74, 6) is -0.303. The second kappa shape index (κ2) is 9.55. The van der Waals surface area contributed by atoms with Crippen LogP contribution in [-0.4, -0.2) is 61.3 Å². The number of halogens is 3. The molecule has 0 unspecified atom stereocenters. The number of amides is 2. The first-order valence-electron chi connectivity index (χ1n) is 9.52. The SMILES string of the molecule is COc1cccc(C(=O)N2CCN(C(=O)/C=C/c3ccccc3OC(F)(F)F)CC2)c1. The Labute approximate surface area is 177 Å². The van der Waals surface area contributed by atoms with E-state index in [0.29, 0.717) is 37.5 Å². The molecule has 0 bridgehead atoms. The highest BCUT2D eigenvalue weighted by molar-refractivity contribution is 5.95. The van der Waals surface area contributed by atoms with Crippen LogP contribution in [0.4, 0.5) is 13.2 Å². The van der Waals surface area contributed by atoms with Gasteiger partial charge in [-0.1, -0.05) is 24.3 Å². The number of hydrogen-bond acceptors (Lipinski definition) is 4. The fourth-order valence-electron chi connectivity index (χ4n) is 3.17. The summed E-state index contributed by atoms with van der Waals surface area (Å²) < 4.78 is 46.7. The molecule has 164 valence electrons. The van der Waals surface area contributed by atoms with Gasteiger partial charge < -0.3 is 19.3 Å². The van der Waals surface area contributed by atoms with E-state index < -0.39 is 6.36 Å². The van der Waals surface area contributed by atoms with E-state index >= 15 is 0 Å². The maximum absolute atomic E-state index is 12.7. The largest absolute Gasteiger partial charge is 0.573 e. The summed E-state index contributed by atoms with van der Waals surface area (Å²) in [6.07, 6.45) is -2.32. The minimum Gasteiger partial charge on any atom is -0.497 e. The zero-order valence-electron chi connectivity index (χ0n) is 16.8. The Kier molecular flexibility index (Phi) is 6.84. The molecule has 1 saturated heterocycles. The van der Waals surface area contributed by atoms with Gasteiger partial charge in [0.15, 0.2) is 0 Å². The molecule has 31 heavy (non-hydrogen) atoms. The van der Waals surface area contributed by atoms with E-state index in [2.05, 4.69) is 4.74 Å². The Morgan fingerprint density at radius 3 is 2.32 bits per heavy atom. The Balaban J connectivity index is 1.59. The first-order chi connectivity index (χ1) is 14.8. The molecule has 6 nitrogen and oxygen atoms in total. The van der Waals surface area contributed by atoms with E-state index in [9.17, 15) is 22.8 Å². The van der Waals surface area contributed by atoms with Crippen molar-refractivity contribution in [2.75, 3.05) is 33.3 Å². The first kappa shape index (κ1) is 22.2. The van der Waals surface area contributed by atoms with Gasteiger partial charge in [0.25, 0.3) is 5.91 Å². The first-order valence-corrected chi connectivity index (χ1v) is 9.52. The molecule has 1 aliphatic heterocycles. The molecule has 0 radical (unpaired) electrons. The van der Waals surface area contributed by atoms with E-state index in [1.165, 1.54) is 37.5 Å². The van der Waals surface area contributed by atoms with Gasteiger partial charge in [-0.15, -0.1) is 13.2 Å². The van der Waals surface area contributed by atoms with Crippen molar-refractivity contribution in [2.24, 2.45) is 0 Å². The molecule has 0 saturated carbocycles. The molecule has 9 heteroatoms. The predicted molar refractivity (Wildman–Crippen MR) is 108 cm³/mol. The molecule has 0 aromatic heterocycles. The number of para-hydroxylation sites is 1. The van der Waals surface area contributed by atoms with Crippen molar-refractivity contribution >= 4 is 17.9 Å². The monoisotopic (exact) mass is 434 g/mol. The molecule has 1 fully saturated rings. The van der Waals surface area contributed by atoms with Gasteiger partial charge in [-0.2, -0.15) is 0 Å². The third-order valence-corrected chi connectivity index (χ3v) is 4.75. The number of methoxy groups -OCH3 is 1. The zero-order valence-corrected chi connectivity index (χ0v) is 16.8. The van der Waals surface area contributed by atoms with Crippen molar-refractivity contribution in [3.8, 4) is 11.5 Å². The normalized spacial score (nSPS) is 14.6. The topological polar surface area (TPSA) is 59.1 Å². The summed E-state index contributed by atoms with van der Waals surface area (Å²) in [7, 11) is 1.52. The highest BCUT2D eigenvalue weighted by Gasteiger charge is 2.31. The molecular formula is C22H21F3N2O4. The van der Waals surface area contributed by atoms with Crippen LogP contribution in [0.15, 0.2) is 54.6 Å². The van der Waals surface area contributed by atoms with Crippen LogP contribution in [0.5, 0.6) is 11.5 Å². The molecule has 1 aliphatic rings. The van der Waals surface area contributed by atoms with Crippen molar-refractivity contribution in [3.05, 3.63) is 65.7 Å². The second-order valence-corrected chi connectivity index (χ2v) is 6.77. The van der Waals surface area contributed by atoms with E-state index in [4.69, 9.17) is 4.74 Å². The van der Waals surface area contributed by atoms with Gasteiger partial charge in [0.05, 0.1) is 7.11 Å². The smallest absolute Gasteiger partial charge is 0.497 e. The lowest BCUT2D eigenvalue weighted by Crippen LogP contribution is -2.50. The van der Waals surface area contributed by atoms with E-state index in [-0.39, 0.29) is 23.1 Å². The summed E-state index contributed by atoms with van der Waals surface area (Å²) in [4.78, 5) is 28.3. The number of ether oxygens (including phenoxy) is 2. The van der Waals surface area contributed by atoms with Crippen LogP contribution in [0.1, 0.15) is 15.9 Å². The summed E-state index contributed by atoms with van der Waals surface area (Å²) in [6.45, 7) is 1.34. The van der Waals surface area contributed by atoms with Crippen molar-refractivity contribution in [2.45, 2.75) is 6.36 Å². The zero-order chi connectivity index (χ0) is 22.4. The van der Waals surface area contributed by atoms with Crippen LogP contribution in [0.2, 0.25) is 0 Å². The molecule has 2 aromatic rings. The molecule has 3 rings (SSSR count). The molecule has 2 aromatic carbocycles. The lowest BCUT2D eigenvalue weighted by molar-refractivity contribution is -0.274. The van der Waals surface area contributed by atoms with Gasteiger partial charge in [-0.05, 0) is 30.3 Å². The molecule has 0 atom stereocenters. The molecular weight excluding hydrogens is 413 g/mol. The summed E-state index contributed by atoms with van der Waals surface area (Å²) in [6, 6.07) is 12.4. The van der Waals surface area contributed by atoms with Crippen molar-refractivity contribution in [3.63, 3.8) is 0 Å². The highest BCUT2D eigenvalue weighted by Crippen LogP contribution is 2.27. The highest BCUT2D eigenvalue weighted by atomic mass is 19.4. The second-order valence-electron chi connectivity index (χ2n) is 6.77. The van der Waals surface area contributed by atoms with Gasteiger partial charge in [0.1, 0.15) is 11.5 Å². The number of nitrogens with zero attached hydrogens (tertiary/aromatic N) is 2. The van der Waals surface area contributed by atoms with Crippen molar-refractivity contribution in [1.82, 2.24) is 9.80 Å². The van der Waals surface area contributed by atoms with E-state index in [0.717, 1.165) is 0 Å². The van der Waals surface area contributed by atoms with Crippen LogP contribution in [0.3, 0.4) is 0 Å². The summed E-state index contributed by atoms with van der Waals surface area (Å²) in [5.41, 5.74) is 0.639. The number of hydrogen-bond donors (Lipinski definition) is 0. The van der Waals surface area contributed by atoms with Gasteiger partial charge in [-0.25, -0.2) is 0 Å². The lowest BCUT2D eigenvalue weighted by atomic mass is 10.1. The van der Waals surface area contributed by atoms with Crippen LogP contribution < -0.4 is 9.47 Å². The van der Waals surface area contributed by atoms with Gasteiger partial charge in [0.2, 0.25) is 5.91 Å². The third kappa shape index (κ3) is 6.00. The quantitative estimate of drug-likeness (QED) is 0.675. The van der Waals surface area contributed by atoms with Crippen molar-refractivity contribution in [1.29, 1.82) is 0 Å². The molecule has 0 aliphatic carbocycles. The number of carbonyl (C=O) groups is 2. The standard InChI is InChI=1S/C22H21F3N2O4/c1-30-18-7-4-6-17(15-18)21(29)27-13-11-26(12-14-27)20(28)10-9-16-5-2-3-8-19(16)31-22(23,24)25/h2-10,15H,11-14H2,1H3/b10-9+. The molecule has 0 N–H and O–H groups in total. The average molecular weight is 434 g/mol. The fourth-order valence-corrected chi connectivity index (χ4v) is 3.17. The number of benzene rings is 2. The van der Waals surface area contributed by atoms with Gasteiger partial charge >= 0.3 is 6.36 Å². The predicted octanol–water partition coefficient (Wildman–Crippen LogP) is 3.59. The number of rotatable bonds is 5. The van der Waals surface area contributed by atoms with Crippen LogP contribution in [-0.2, 0) is 4.79 Å². The minimum atomic E-state index is -4.82. The summed E-state index contributed by atoms with van der Waals surface area (Å²) >= 11 is 0. The Hall–Kier alpha value is -3.49. The van der Waals surface area contributed by atoms with Crippen LogP contribution in [0, 0.1) is 0 Å². The Morgan fingerprint density at radius 1 is 0.968 bits per heavy atom. The summed E-state index contributed by atoms with van der Waals surface area (Å²) in [5, 5.41) is 0. The maximum Gasteiger partial charge on any atom is 0.573 e. The average Bonchev–Trinajstić information content (AvgIpc) is 2.77. The third-order valence-electron chi connectivity index (χ3n) is 4.75. The Morgan fingerprint density at radius 2 is 1.65 bits per heavy atom. The molecule has 0 spiro atoms. The van der Waals surface area contributed by atoms with Crippen molar-refractivity contribution < 1.29 is 32.2 Å². The number of carbonyl (C=O) groups excluding carboxylic acids is 2. The van der Waals surface area contributed by atoms with Crippen LogP contribution >= 0.6 is 0 Å². The van der Waals surface area contributed by atoms with E-state index in [1.54, 1.807) is 40.1 Å².